The summed E-state index contributed by atoms with van der Waals surface area (Å²) in [6.07, 6.45) is 0. The van der Waals surface area contributed by atoms with Gasteiger partial charge in [0.2, 0.25) is 0 Å². The highest BCUT2D eigenvalue weighted by molar-refractivity contribution is 6.03. The molecule has 0 saturated carbocycles. The van der Waals surface area contributed by atoms with Crippen LogP contribution in [0.15, 0.2) is 35.5 Å². The van der Waals surface area contributed by atoms with Crippen molar-refractivity contribution in [2.24, 2.45) is 5.16 Å². The Bertz CT molecular complexity index is 349. The van der Waals surface area contributed by atoms with Crippen molar-refractivity contribution in [1.82, 2.24) is 5.32 Å². The number of nitrogens with zero attached hydrogens (tertiary/aromatic N) is 1. The van der Waals surface area contributed by atoms with E-state index in [1.54, 1.807) is 24.3 Å². The van der Waals surface area contributed by atoms with Crippen LogP contribution in [0.3, 0.4) is 0 Å². The number of methoxy groups -OCH3 is 1. The monoisotopic (exact) mass is 208 g/mol. The average Bonchev–Trinajstić information content (AvgIpc) is 2.29. The maximum absolute atomic E-state index is 11.6. The molecule has 1 rings (SSSR count). The predicted molar refractivity (Wildman–Crippen MR) is 55.4 cm³/mol. The van der Waals surface area contributed by atoms with Gasteiger partial charge in [0.15, 0.2) is 0 Å². The molecule has 1 N–H and O–H groups in total. The van der Waals surface area contributed by atoms with Crippen LogP contribution in [-0.2, 0) is 9.57 Å². The SMILES string of the molecule is CO/N=C(\NC(=O)c1ccccc1)OC. The molecule has 0 saturated heterocycles. The first-order valence-corrected chi connectivity index (χ1v) is 4.29. The van der Waals surface area contributed by atoms with Crippen molar-refractivity contribution in [1.29, 1.82) is 0 Å². The van der Waals surface area contributed by atoms with E-state index in [0.29, 0.717) is 5.56 Å². The normalized spacial score (nSPS) is 10.7. The standard InChI is InChI=1S/C10H12N2O3/c1-14-10(12-15-2)11-9(13)8-6-4-3-5-7-8/h3-7H,1-2H3,(H,11,12,13). The maximum atomic E-state index is 11.6. The molecule has 0 unspecified atom stereocenters. The minimum absolute atomic E-state index is 0.0198. The van der Waals surface area contributed by atoms with Gasteiger partial charge >= 0.3 is 6.02 Å². The third kappa shape index (κ3) is 3.30. The van der Waals surface area contributed by atoms with E-state index in [0.717, 1.165) is 0 Å². The maximum Gasteiger partial charge on any atom is 0.330 e. The van der Waals surface area contributed by atoms with E-state index in [1.807, 2.05) is 6.07 Å². The number of nitrogens with one attached hydrogen (secondary N) is 1. The Morgan fingerprint density at radius 2 is 1.93 bits per heavy atom. The van der Waals surface area contributed by atoms with Crippen LogP contribution >= 0.6 is 0 Å². The van der Waals surface area contributed by atoms with E-state index in [4.69, 9.17) is 4.74 Å². The first kappa shape index (κ1) is 11.0. The van der Waals surface area contributed by atoms with E-state index in [2.05, 4.69) is 15.3 Å². The predicted octanol–water partition coefficient (Wildman–Crippen LogP) is 0.980. The van der Waals surface area contributed by atoms with Crippen LogP contribution in [0.25, 0.3) is 0 Å². The highest BCUT2D eigenvalue weighted by Gasteiger charge is 2.08. The van der Waals surface area contributed by atoms with Gasteiger partial charge in [-0.25, -0.2) is 0 Å². The Kier molecular flexibility index (Phi) is 4.15. The zero-order chi connectivity index (χ0) is 11.1. The molecule has 0 aromatic heterocycles. The summed E-state index contributed by atoms with van der Waals surface area (Å²) in [7, 11) is 2.76. The summed E-state index contributed by atoms with van der Waals surface area (Å²) in [5.74, 6) is -0.298. The topological polar surface area (TPSA) is 59.9 Å². The third-order valence-corrected chi connectivity index (χ3v) is 1.62. The highest BCUT2D eigenvalue weighted by atomic mass is 16.6. The number of hydrogen-bond donors (Lipinski definition) is 1. The Morgan fingerprint density at radius 1 is 1.27 bits per heavy atom. The number of carbonyl (C=O) groups is 1. The van der Waals surface area contributed by atoms with Gasteiger partial charge in [-0.1, -0.05) is 18.2 Å². The summed E-state index contributed by atoms with van der Waals surface area (Å²) in [4.78, 5) is 16.0. The summed E-state index contributed by atoms with van der Waals surface area (Å²) in [6, 6.07) is 8.78. The Balaban J connectivity index is 2.67. The van der Waals surface area contributed by atoms with Crippen molar-refractivity contribution in [2.45, 2.75) is 0 Å². The van der Waals surface area contributed by atoms with Crippen molar-refractivity contribution < 1.29 is 14.4 Å². The van der Waals surface area contributed by atoms with E-state index < -0.39 is 0 Å². The second-order valence-electron chi connectivity index (χ2n) is 2.60. The first-order valence-electron chi connectivity index (χ1n) is 4.29. The molecule has 0 aliphatic rings. The number of ether oxygens (including phenoxy) is 1. The molecular weight excluding hydrogens is 196 g/mol. The lowest BCUT2D eigenvalue weighted by atomic mass is 10.2. The van der Waals surface area contributed by atoms with Crippen LogP contribution in [0.4, 0.5) is 0 Å². The molecule has 0 spiro atoms. The lowest BCUT2D eigenvalue weighted by Crippen LogP contribution is -2.31. The lowest BCUT2D eigenvalue weighted by Gasteiger charge is -2.05. The fourth-order valence-electron chi connectivity index (χ4n) is 0.953. The van der Waals surface area contributed by atoms with Crippen molar-refractivity contribution in [3.8, 4) is 0 Å². The second-order valence-corrected chi connectivity index (χ2v) is 2.60. The summed E-state index contributed by atoms with van der Waals surface area (Å²) in [5, 5.41) is 5.92. The number of carbonyl (C=O) groups excluding carboxylic acids is 1. The van der Waals surface area contributed by atoms with Crippen LogP contribution in [-0.4, -0.2) is 26.1 Å². The molecule has 0 aliphatic carbocycles. The van der Waals surface area contributed by atoms with E-state index in [1.165, 1.54) is 14.2 Å². The molecule has 1 amide bonds. The van der Waals surface area contributed by atoms with Gasteiger partial charge in [0.25, 0.3) is 5.91 Å². The van der Waals surface area contributed by atoms with Crippen LogP contribution in [0.1, 0.15) is 10.4 Å². The number of oxime groups is 1. The van der Waals surface area contributed by atoms with Gasteiger partial charge < -0.3 is 9.57 Å². The summed E-state index contributed by atoms with van der Waals surface area (Å²) >= 11 is 0. The van der Waals surface area contributed by atoms with Crippen LogP contribution in [0, 0.1) is 0 Å². The minimum atomic E-state index is -0.298. The zero-order valence-corrected chi connectivity index (χ0v) is 8.56. The van der Waals surface area contributed by atoms with Gasteiger partial charge in [0, 0.05) is 5.56 Å². The fourth-order valence-corrected chi connectivity index (χ4v) is 0.953. The smallest absolute Gasteiger partial charge is 0.330 e. The Labute approximate surface area is 87.7 Å². The van der Waals surface area contributed by atoms with E-state index in [9.17, 15) is 4.79 Å². The van der Waals surface area contributed by atoms with Crippen LogP contribution < -0.4 is 5.32 Å². The number of rotatable bonds is 2. The summed E-state index contributed by atoms with van der Waals surface area (Å²) in [5.41, 5.74) is 0.526. The molecule has 0 heterocycles. The molecule has 1 aromatic rings. The lowest BCUT2D eigenvalue weighted by molar-refractivity contribution is 0.0962. The molecule has 0 aliphatic heterocycles. The number of hydrogen-bond acceptors (Lipinski definition) is 4. The summed E-state index contributed by atoms with van der Waals surface area (Å²) < 4.78 is 4.78. The minimum Gasteiger partial charge on any atom is -0.466 e. The Morgan fingerprint density at radius 3 is 2.47 bits per heavy atom. The van der Waals surface area contributed by atoms with Crippen molar-refractivity contribution in [2.75, 3.05) is 14.2 Å². The van der Waals surface area contributed by atoms with Crippen LogP contribution in [0.5, 0.6) is 0 Å². The van der Waals surface area contributed by atoms with Gasteiger partial charge in [-0.05, 0) is 17.3 Å². The second kappa shape index (κ2) is 5.64. The largest absolute Gasteiger partial charge is 0.466 e. The number of amidine groups is 1. The first-order chi connectivity index (χ1) is 7.27. The average molecular weight is 208 g/mol. The molecule has 0 atom stereocenters. The molecule has 5 heteroatoms. The van der Waals surface area contributed by atoms with Gasteiger partial charge in [-0.2, -0.15) is 0 Å². The van der Waals surface area contributed by atoms with E-state index >= 15 is 0 Å². The fraction of sp³-hybridized carbons (Fsp3) is 0.200. The van der Waals surface area contributed by atoms with Crippen molar-refractivity contribution >= 4 is 11.9 Å². The Hall–Kier alpha value is -2.04. The molecule has 0 bridgehead atoms. The number of benzene rings is 1. The van der Waals surface area contributed by atoms with Gasteiger partial charge in [0.1, 0.15) is 7.11 Å². The number of amides is 1. The molecule has 0 fully saturated rings. The third-order valence-electron chi connectivity index (χ3n) is 1.62. The molecule has 80 valence electrons. The van der Waals surface area contributed by atoms with Crippen LogP contribution in [0.2, 0.25) is 0 Å². The van der Waals surface area contributed by atoms with Gasteiger partial charge in [-0.3, -0.25) is 10.1 Å². The molecule has 5 nitrogen and oxygen atoms in total. The summed E-state index contributed by atoms with van der Waals surface area (Å²) in [6.45, 7) is 0. The highest BCUT2D eigenvalue weighted by Crippen LogP contribution is 1.97. The zero-order valence-electron chi connectivity index (χ0n) is 8.56. The van der Waals surface area contributed by atoms with Crippen molar-refractivity contribution in [3.63, 3.8) is 0 Å². The molecule has 0 radical (unpaired) electrons. The van der Waals surface area contributed by atoms with E-state index in [-0.39, 0.29) is 11.9 Å². The molecule has 15 heavy (non-hydrogen) atoms. The molecule has 1 aromatic carbocycles. The van der Waals surface area contributed by atoms with Gasteiger partial charge in [-0.15, -0.1) is 0 Å². The quantitative estimate of drug-likeness (QED) is 0.447. The molecular formula is C10H12N2O3. The van der Waals surface area contributed by atoms with Gasteiger partial charge in [0.05, 0.1) is 7.11 Å². The van der Waals surface area contributed by atoms with Crippen molar-refractivity contribution in [3.05, 3.63) is 35.9 Å².